The molecule has 31 heavy (non-hydrogen) atoms. The normalized spacial score (nSPS) is 24.1. The molecule has 2 atom stereocenters. The molecule has 9 nitrogen and oxygen atoms in total. The maximum Gasteiger partial charge on any atom is 0.244 e. The molecule has 2 aromatic rings. The fourth-order valence-electron chi connectivity index (χ4n) is 4.02. The number of benzene rings is 1. The summed E-state index contributed by atoms with van der Waals surface area (Å²) >= 11 is 5.99. The Balaban J connectivity index is 1.61. The second kappa shape index (κ2) is 7.78. The lowest BCUT2D eigenvalue weighted by Crippen LogP contribution is -2.34. The monoisotopic (exact) mass is 505 g/mol. The van der Waals surface area contributed by atoms with E-state index in [1.54, 1.807) is 6.07 Å². The third kappa shape index (κ3) is 4.37. The van der Waals surface area contributed by atoms with Gasteiger partial charge in [-0.3, -0.25) is 0 Å². The van der Waals surface area contributed by atoms with E-state index in [1.165, 1.54) is 34.8 Å². The molecule has 0 radical (unpaired) electrons. The quantitative estimate of drug-likeness (QED) is 0.593. The number of nitrogens with one attached hydrogen (secondary N) is 1. The number of halogens is 1. The van der Waals surface area contributed by atoms with Gasteiger partial charge in [-0.2, -0.15) is 4.31 Å². The van der Waals surface area contributed by atoms with Crippen molar-refractivity contribution in [3.63, 3.8) is 0 Å². The number of nitrogens with zero attached hydrogens (tertiary/aromatic N) is 2. The van der Waals surface area contributed by atoms with E-state index in [2.05, 4.69) is 9.71 Å². The molecular weight excluding hydrogens is 486 g/mol. The molecule has 1 aromatic heterocycles. The summed E-state index contributed by atoms with van der Waals surface area (Å²) in [6, 6.07) is 7.99. The molecule has 1 N–H and O–H groups in total. The van der Waals surface area contributed by atoms with Crippen LogP contribution in [0.25, 0.3) is 0 Å². The maximum atomic E-state index is 13.3. The molecule has 2 unspecified atom stereocenters. The van der Waals surface area contributed by atoms with Crippen molar-refractivity contribution in [1.82, 2.24) is 14.0 Å². The van der Waals surface area contributed by atoms with Gasteiger partial charge in [0.25, 0.3) is 0 Å². The van der Waals surface area contributed by atoms with Crippen LogP contribution in [-0.2, 0) is 29.9 Å². The molecule has 0 amide bonds. The number of aromatic nitrogens is 1. The van der Waals surface area contributed by atoms with Crippen LogP contribution in [0, 0.1) is 17.8 Å². The zero-order valence-corrected chi connectivity index (χ0v) is 19.5. The molecular formula is C18H20ClN3O6S3. The highest BCUT2D eigenvalue weighted by atomic mass is 35.5. The van der Waals surface area contributed by atoms with Gasteiger partial charge in [-0.15, -0.1) is 0 Å². The molecule has 2 aliphatic rings. The van der Waals surface area contributed by atoms with Crippen LogP contribution >= 0.6 is 11.6 Å². The van der Waals surface area contributed by atoms with E-state index in [9.17, 15) is 25.3 Å². The van der Waals surface area contributed by atoms with Crippen LogP contribution in [0.3, 0.4) is 0 Å². The van der Waals surface area contributed by atoms with Crippen molar-refractivity contribution in [3.8, 4) is 0 Å². The molecule has 168 valence electrons. The lowest BCUT2D eigenvalue weighted by atomic mass is 10.3. The van der Waals surface area contributed by atoms with Crippen molar-refractivity contribution in [2.24, 2.45) is 17.8 Å². The smallest absolute Gasteiger partial charge is 0.244 e. The van der Waals surface area contributed by atoms with Crippen molar-refractivity contribution >= 4 is 41.5 Å². The minimum absolute atomic E-state index is 0.0344. The predicted molar refractivity (Wildman–Crippen MR) is 113 cm³/mol. The van der Waals surface area contributed by atoms with Crippen LogP contribution in [-0.4, -0.2) is 60.4 Å². The highest BCUT2D eigenvalue weighted by molar-refractivity contribution is 7.93. The molecule has 2 fully saturated rings. The minimum atomic E-state index is -4.22. The van der Waals surface area contributed by atoms with Crippen LogP contribution < -0.4 is 4.72 Å². The molecule has 1 aliphatic carbocycles. The molecule has 1 saturated heterocycles. The lowest BCUT2D eigenvalue weighted by Gasteiger charge is -2.21. The van der Waals surface area contributed by atoms with E-state index in [1.807, 2.05) is 0 Å². The fourth-order valence-corrected chi connectivity index (χ4v) is 8.26. The Morgan fingerprint density at radius 3 is 2.29 bits per heavy atom. The average molecular weight is 506 g/mol. The Morgan fingerprint density at radius 1 is 1.03 bits per heavy atom. The Kier molecular flexibility index (Phi) is 5.68. The van der Waals surface area contributed by atoms with Gasteiger partial charge in [0.05, 0.1) is 11.2 Å². The summed E-state index contributed by atoms with van der Waals surface area (Å²) in [5.74, 6) is 0.141. The summed E-state index contributed by atoms with van der Waals surface area (Å²) in [4.78, 5) is 3.08. The Morgan fingerprint density at radius 2 is 1.71 bits per heavy atom. The second-order valence-corrected chi connectivity index (χ2v) is 13.7. The summed E-state index contributed by atoms with van der Waals surface area (Å²) in [7, 11) is -11.7. The zero-order valence-electron chi connectivity index (χ0n) is 16.3. The van der Waals surface area contributed by atoms with E-state index >= 15 is 0 Å². The van der Waals surface area contributed by atoms with Crippen molar-refractivity contribution in [2.75, 3.05) is 25.9 Å². The van der Waals surface area contributed by atoms with E-state index in [4.69, 9.17) is 11.6 Å². The van der Waals surface area contributed by atoms with Crippen molar-refractivity contribution in [1.29, 1.82) is 0 Å². The molecule has 2 heterocycles. The first-order valence-corrected chi connectivity index (χ1v) is 14.5. The Bertz CT molecular complexity index is 1320. The van der Waals surface area contributed by atoms with Gasteiger partial charge in [-0.1, -0.05) is 17.7 Å². The van der Waals surface area contributed by atoms with Gasteiger partial charge in [0.15, 0.2) is 5.03 Å². The van der Waals surface area contributed by atoms with Crippen LogP contribution in [0.5, 0.6) is 0 Å². The Hall–Kier alpha value is -1.57. The number of sulfonamides is 2. The highest BCUT2D eigenvalue weighted by Crippen LogP contribution is 2.52. The predicted octanol–water partition coefficient (Wildman–Crippen LogP) is 0.983. The van der Waals surface area contributed by atoms with E-state index < -0.39 is 34.8 Å². The first-order chi connectivity index (χ1) is 14.4. The van der Waals surface area contributed by atoms with Gasteiger partial charge in [0.1, 0.15) is 4.90 Å². The SMILES string of the molecule is CS(=O)(=O)NCC1C2CN(S(=O)(=O)c3ccc(Cl)cc3S(=O)(=O)c3ccccn3)CC12. The lowest BCUT2D eigenvalue weighted by molar-refractivity contribution is 0.409. The van der Waals surface area contributed by atoms with Crippen LogP contribution in [0.2, 0.25) is 5.02 Å². The van der Waals surface area contributed by atoms with Gasteiger partial charge in [-0.05, 0) is 48.1 Å². The summed E-state index contributed by atoms with van der Waals surface area (Å²) in [5, 5.41) is -0.186. The minimum Gasteiger partial charge on any atom is -0.244 e. The highest BCUT2D eigenvalue weighted by Gasteiger charge is 2.58. The summed E-state index contributed by atoms with van der Waals surface area (Å²) in [6.07, 6.45) is 2.39. The first kappa shape index (κ1) is 22.6. The maximum absolute atomic E-state index is 13.3. The molecule has 0 spiro atoms. The van der Waals surface area contributed by atoms with Gasteiger partial charge < -0.3 is 0 Å². The van der Waals surface area contributed by atoms with Gasteiger partial charge >= 0.3 is 0 Å². The molecule has 1 saturated carbocycles. The molecule has 1 aliphatic heterocycles. The van der Waals surface area contributed by atoms with Gasteiger partial charge in [0, 0.05) is 30.9 Å². The third-order valence-electron chi connectivity index (χ3n) is 5.65. The van der Waals surface area contributed by atoms with Crippen molar-refractivity contribution in [3.05, 3.63) is 47.6 Å². The fraction of sp³-hybridized carbons (Fsp3) is 0.389. The number of piperidine rings is 1. The van der Waals surface area contributed by atoms with E-state index in [0.29, 0.717) is 0 Å². The largest absolute Gasteiger partial charge is 0.244 e. The number of fused-ring (bicyclic) bond motifs is 1. The Labute approximate surface area is 186 Å². The summed E-state index contributed by atoms with van der Waals surface area (Å²) in [6.45, 7) is 0.673. The molecule has 13 heteroatoms. The number of hydrogen-bond donors (Lipinski definition) is 1. The van der Waals surface area contributed by atoms with Crippen molar-refractivity contribution in [2.45, 2.75) is 14.8 Å². The van der Waals surface area contributed by atoms with Crippen LogP contribution in [0.4, 0.5) is 0 Å². The van der Waals surface area contributed by atoms with E-state index in [0.717, 1.165) is 12.3 Å². The summed E-state index contributed by atoms with van der Waals surface area (Å²) < 4.78 is 79.1. The first-order valence-electron chi connectivity index (χ1n) is 9.32. The topological polar surface area (TPSA) is 131 Å². The summed E-state index contributed by atoms with van der Waals surface area (Å²) in [5.41, 5.74) is 0. The molecule has 4 rings (SSSR count). The van der Waals surface area contributed by atoms with E-state index in [-0.39, 0.29) is 52.3 Å². The standard InChI is InChI=1S/C18H20ClN3O6S3/c1-29(23,24)21-9-13-14-10-22(11-15(13)14)31(27,28)16-6-5-12(19)8-17(16)30(25,26)18-4-2-3-7-20-18/h2-8,13-15,21H,9-11H2,1H3. The number of pyridine rings is 1. The average Bonchev–Trinajstić information content (AvgIpc) is 3.14. The number of sulfone groups is 1. The number of rotatable bonds is 7. The van der Waals surface area contributed by atoms with Crippen LogP contribution in [0.15, 0.2) is 57.4 Å². The zero-order chi connectivity index (χ0) is 22.6. The van der Waals surface area contributed by atoms with Crippen LogP contribution in [0.1, 0.15) is 0 Å². The third-order valence-corrected chi connectivity index (χ3v) is 10.3. The number of hydrogen-bond acceptors (Lipinski definition) is 7. The molecule has 0 bridgehead atoms. The molecule has 1 aromatic carbocycles. The van der Waals surface area contributed by atoms with Gasteiger partial charge in [0.2, 0.25) is 29.9 Å². The van der Waals surface area contributed by atoms with Crippen molar-refractivity contribution < 1.29 is 25.3 Å². The second-order valence-electron chi connectivity index (χ2n) is 7.70. The van der Waals surface area contributed by atoms with Gasteiger partial charge in [-0.25, -0.2) is 35.0 Å².